The summed E-state index contributed by atoms with van der Waals surface area (Å²) in [4.78, 5) is 50.7. The minimum Gasteiger partial charge on any atom is -0.481 e. The topological polar surface area (TPSA) is 231 Å². The summed E-state index contributed by atoms with van der Waals surface area (Å²) < 4.78 is 259. The summed E-state index contributed by atoms with van der Waals surface area (Å²) in [6.45, 7) is -5.54. The van der Waals surface area contributed by atoms with Crippen molar-refractivity contribution in [2.75, 3.05) is 53.0 Å². The first-order valence-corrected chi connectivity index (χ1v) is 18.9. The number of carbonyl (C=O) groups is 5. The smallest absolute Gasteiger partial charge is 0.451 e. The Hall–Kier alpha value is -3.85. The molecule has 0 saturated heterocycles. The van der Waals surface area contributed by atoms with E-state index in [0.717, 1.165) is 6.08 Å². The number of hydrogen-bond acceptors (Lipinski definition) is 14. The third-order valence-electron chi connectivity index (χ3n) is 5.53. The maximum atomic E-state index is 13.3. The highest BCUT2D eigenvalue weighted by Crippen LogP contribution is 2.38. The number of ether oxygens (including phenoxy) is 7. The third-order valence-corrected chi connectivity index (χ3v) is 7.22. The molecule has 6 atom stereocenters. The number of aliphatic carboxylic acids is 4. The Labute approximate surface area is 391 Å². The Kier molecular flexibility index (Phi) is 43.0. The molecule has 0 amide bonds. The number of alkyl halides is 20. The van der Waals surface area contributed by atoms with E-state index in [-0.39, 0.29) is 18.1 Å². The molecule has 0 aliphatic carbocycles. The van der Waals surface area contributed by atoms with Crippen molar-refractivity contribution in [1.29, 1.82) is 0 Å². The number of thiol groups is 1. The summed E-state index contributed by atoms with van der Waals surface area (Å²) >= 11 is 4.19. The molecular weight excluding hydrogens is 1080 g/mol. The molecule has 0 aliphatic rings. The van der Waals surface area contributed by atoms with E-state index >= 15 is 0 Å². The van der Waals surface area contributed by atoms with Crippen LogP contribution >= 0.6 is 24.4 Å². The van der Waals surface area contributed by atoms with Gasteiger partial charge in [0.1, 0.15) is 23.7 Å². The monoisotopic (exact) mass is 1130 g/mol. The molecule has 6 unspecified atom stereocenters. The third kappa shape index (κ3) is 45.3. The quantitative estimate of drug-likeness (QED) is 0.0200. The Morgan fingerprint density at radius 2 is 1.01 bits per heavy atom. The Morgan fingerprint density at radius 3 is 1.21 bits per heavy atom. The number of methoxy groups -OCH3 is 2. The Bertz CT molecular complexity index is 1430. The first-order valence-electron chi connectivity index (χ1n) is 17.4. The molecule has 0 spiro atoms. The van der Waals surface area contributed by atoms with Crippen LogP contribution in [0.15, 0.2) is 12.7 Å². The van der Waals surface area contributed by atoms with Gasteiger partial charge in [0.15, 0.2) is 0 Å². The number of esters is 1. The van der Waals surface area contributed by atoms with Crippen molar-refractivity contribution in [3.63, 3.8) is 0 Å². The van der Waals surface area contributed by atoms with Crippen LogP contribution in [0, 0.1) is 0 Å². The highest BCUT2D eigenvalue weighted by atomic mass is 32.2. The highest BCUT2D eigenvalue weighted by molar-refractivity contribution is 8.00. The predicted octanol–water partition coefficient (Wildman–Crippen LogP) is 8.57. The normalized spacial score (nSPS) is 15.0. The van der Waals surface area contributed by atoms with Crippen molar-refractivity contribution in [1.82, 2.24) is 0 Å². The van der Waals surface area contributed by atoms with Crippen molar-refractivity contribution in [3.8, 4) is 0 Å². The molecule has 0 bridgehead atoms. The van der Waals surface area contributed by atoms with E-state index in [0.29, 0.717) is 32.6 Å². The number of carboxylic acid groups (broad SMARTS) is 4. The minimum atomic E-state index is -5.73. The van der Waals surface area contributed by atoms with E-state index in [9.17, 15) is 112 Å². The number of carboxylic acids is 4. The zero-order chi connectivity index (χ0) is 57.1. The van der Waals surface area contributed by atoms with Gasteiger partial charge in [0.25, 0.3) is 12.7 Å². The van der Waals surface area contributed by atoms with E-state index in [1.54, 1.807) is 6.92 Å². The van der Waals surface area contributed by atoms with Crippen LogP contribution in [-0.2, 0) is 57.1 Å². The van der Waals surface area contributed by atoms with E-state index in [4.69, 9.17) is 20.4 Å². The minimum absolute atomic E-state index is 0.00868. The molecule has 38 heteroatoms. The fourth-order valence-electron chi connectivity index (χ4n) is 2.61. The van der Waals surface area contributed by atoms with Gasteiger partial charge in [-0.1, -0.05) is 6.08 Å². The zero-order valence-corrected chi connectivity index (χ0v) is 37.4. The maximum Gasteiger partial charge on any atom is 0.451 e. The molecule has 0 saturated carbocycles. The largest absolute Gasteiger partial charge is 0.481 e. The van der Waals surface area contributed by atoms with Gasteiger partial charge in [-0.25, -0.2) is 8.78 Å². The van der Waals surface area contributed by atoms with Crippen LogP contribution in [0.4, 0.5) is 87.8 Å². The van der Waals surface area contributed by atoms with Gasteiger partial charge in [0, 0.05) is 27.8 Å². The summed E-state index contributed by atoms with van der Waals surface area (Å²) in [5, 5.41) is 31.0. The molecule has 0 aromatic heterocycles. The highest BCUT2D eigenvalue weighted by Gasteiger charge is 2.60. The lowest BCUT2D eigenvalue weighted by atomic mass is 10.3. The van der Waals surface area contributed by atoms with Crippen molar-refractivity contribution < 1.29 is 165 Å². The summed E-state index contributed by atoms with van der Waals surface area (Å²) in [5.41, 5.74) is 0. The lowest BCUT2D eigenvalue weighted by molar-refractivity contribution is -0.385. The molecule has 0 aromatic rings. The van der Waals surface area contributed by atoms with Crippen LogP contribution in [0.1, 0.15) is 33.1 Å². The van der Waals surface area contributed by atoms with Crippen LogP contribution in [-0.4, -0.2) is 176 Å². The summed E-state index contributed by atoms with van der Waals surface area (Å²) in [6, 6.07) is 0. The number of hydrogen-bond donors (Lipinski definition) is 5. The molecule has 0 fully saturated rings. The fraction of sp³-hybridized carbons (Fsp3) is 0.781. The number of carbonyl (C=O) groups excluding carboxylic acids is 1. The van der Waals surface area contributed by atoms with Gasteiger partial charge >= 0.3 is 79.5 Å². The Balaban J connectivity index is -0.000000190. The lowest BCUT2D eigenvalue weighted by Crippen LogP contribution is -2.48. The van der Waals surface area contributed by atoms with E-state index < -0.39 is 136 Å². The second-order valence-electron chi connectivity index (χ2n) is 11.3. The molecule has 0 heterocycles. The first-order chi connectivity index (χ1) is 31.4. The summed E-state index contributed by atoms with van der Waals surface area (Å²) in [5.74, 6) is -14.5. The zero-order valence-electron chi connectivity index (χ0n) is 35.7. The molecule has 70 heavy (non-hydrogen) atoms. The molecule has 16 nitrogen and oxygen atoms in total. The lowest BCUT2D eigenvalue weighted by Gasteiger charge is -2.27. The second kappa shape index (κ2) is 38.8. The van der Waals surface area contributed by atoms with E-state index in [2.05, 4.69) is 52.4 Å². The number of halogens is 20. The molecule has 0 aromatic carbocycles. The molecule has 0 aliphatic heterocycles. The molecule has 420 valence electrons. The fourth-order valence-corrected chi connectivity index (χ4v) is 3.74. The van der Waals surface area contributed by atoms with Gasteiger partial charge in [-0.05, 0) is 19.1 Å². The van der Waals surface area contributed by atoms with Crippen LogP contribution in [0.25, 0.3) is 0 Å². The van der Waals surface area contributed by atoms with Crippen LogP contribution in [0.2, 0.25) is 0 Å². The Morgan fingerprint density at radius 1 is 0.643 bits per heavy atom. The van der Waals surface area contributed by atoms with Crippen molar-refractivity contribution in [2.24, 2.45) is 0 Å². The van der Waals surface area contributed by atoms with Gasteiger partial charge in [0.05, 0.1) is 26.1 Å². The standard InChI is InChI=1S/C11H14F6O6S.C7H8F6O2.C4H6O4S.C4H8O2.2C3H4F4O/c12-9(13)23-10(14,11(15,16)17)5-22-2-1-3-24-6(8(20)21)4-7(18)19;1-2-3-14-4-6(10,7(11,12)13)15-5(8)9;5-3(6)1-2(9)4(7)8;1-3-6-4(2)5;2*1-8-2(4)3(5,6)7/h6,9H,1-5H2,(H,18,19)(H,20,21);2,5H,1,3-4H2;2,9H,1H2,(H,5,6)(H,7,8);3H2,1-2H3;2*2H,1H3. The second-order valence-corrected chi connectivity index (χ2v) is 13.2. The van der Waals surface area contributed by atoms with Crippen LogP contribution < -0.4 is 0 Å². The van der Waals surface area contributed by atoms with Crippen LogP contribution in [0.5, 0.6) is 0 Å². The van der Waals surface area contributed by atoms with Gasteiger partial charge in [-0.3, -0.25) is 33.4 Å². The van der Waals surface area contributed by atoms with Crippen molar-refractivity contribution in [2.45, 2.75) is 106 Å². The molecule has 0 radical (unpaired) electrons. The van der Waals surface area contributed by atoms with Gasteiger partial charge in [0.2, 0.25) is 0 Å². The number of thioether (sulfide) groups is 1. The van der Waals surface area contributed by atoms with Crippen LogP contribution in [0.3, 0.4) is 0 Å². The molecular formula is C32H44F20O16S2. The molecule has 0 rings (SSSR count). The summed E-state index contributed by atoms with van der Waals surface area (Å²) in [7, 11) is 1.30. The maximum absolute atomic E-state index is 13.3. The van der Waals surface area contributed by atoms with Gasteiger partial charge in [-0.2, -0.15) is 91.7 Å². The SMILES string of the molecule is C=CCOCC(F)(OC(F)F)C(F)(F)F.CCOC(C)=O.COC(F)C(F)(F)F.COC(F)C(F)(F)F.O=C(O)CC(S)C(=O)O.O=C(O)CC(SCCCOCC(F)(OC(F)F)C(F)(F)F)C(=O)O. The van der Waals surface area contributed by atoms with Crippen molar-refractivity contribution >= 4 is 54.2 Å². The van der Waals surface area contributed by atoms with Gasteiger partial charge < -0.3 is 44.1 Å². The average molecular weight is 1130 g/mol. The van der Waals surface area contributed by atoms with E-state index in [1.807, 2.05) is 0 Å². The average Bonchev–Trinajstić information content (AvgIpc) is 3.16. The van der Waals surface area contributed by atoms with Gasteiger partial charge in [-0.15, -0.1) is 18.3 Å². The van der Waals surface area contributed by atoms with Crippen molar-refractivity contribution in [3.05, 3.63) is 12.7 Å². The predicted molar refractivity (Wildman–Crippen MR) is 197 cm³/mol. The van der Waals surface area contributed by atoms with E-state index in [1.165, 1.54) is 6.92 Å². The first kappa shape index (κ1) is 77.6. The number of rotatable bonds is 24. The summed E-state index contributed by atoms with van der Waals surface area (Å²) in [6.07, 6.45) is -27.5. The molecule has 4 N–H and O–H groups in total.